The lowest BCUT2D eigenvalue weighted by molar-refractivity contribution is 0.199. The monoisotopic (exact) mass is 387 g/mol. The number of aryl methyl sites for hydroxylation is 1. The predicted molar refractivity (Wildman–Crippen MR) is 116 cm³/mol. The van der Waals surface area contributed by atoms with Crippen molar-refractivity contribution in [2.24, 2.45) is 0 Å². The van der Waals surface area contributed by atoms with E-state index in [-0.39, 0.29) is 0 Å². The maximum absolute atomic E-state index is 9.76. The lowest BCUT2D eigenvalue weighted by Crippen LogP contribution is -1.99. The zero-order chi connectivity index (χ0) is 19.5. The first kappa shape index (κ1) is 18.3. The molecule has 4 rings (SSSR count). The summed E-state index contributed by atoms with van der Waals surface area (Å²) < 4.78 is 0. The normalized spacial score (nSPS) is 12.0. The van der Waals surface area contributed by atoms with Crippen LogP contribution in [0.1, 0.15) is 24.2 Å². The summed E-state index contributed by atoms with van der Waals surface area (Å²) in [6, 6.07) is 22.3. The third-order valence-electron chi connectivity index (χ3n) is 4.44. The van der Waals surface area contributed by atoms with Gasteiger partial charge in [0.15, 0.2) is 0 Å². The van der Waals surface area contributed by atoms with Crippen LogP contribution < -0.4 is 5.32 Å². The van der Waals surface area contributed by atoms with Gasteiger partial charge < -0.3 is 10.4 Å². The van der Waals surface area contributed by atoms with Gasteiger partial charge in [0.1, 0.15) is 0 Å². The molecule has 0 aliphatic heterocycles. The van der Waals surface area contributed by atoms with E-state index in [2.05, 4.69) is 58.6 Å². The Bertz CT molecular complexity index is 1100. The van der Waals surface area contributed by atoms with Crippen LogP contribution in [0.3, 0.4) is 0 Å². The molecular formula is C23H21N3OS. The average molecular weight is 388 g/mol. The van der Waals surface area contributed by atoms with Gasteiger partial charge in [-0.3, -0.25) is 0 Å². The highest BCUT2D eigenvalue weighted by Crippen LogP contribution is 2.34. The lowest BCUT2D eigenvalue weighted by Gasteiger charge is -2.09. The van der Waals surface area contributed by atoms with Crippen LogP contribution >= 0.6 is 11.3 Å². The van der Waals surface area contributed by atoms with Crippen molar-refractivity contribution in [1.29, 1.82) is 0 Å². The van der Waals surface area contributed by atoms with Gasteiger partial charge in [0.25, 0.3) is 0 Å². The highest BCUT2D eigenvalue weighted by molar-refractivity contribution is 7.18. The van der Waals surface area contributed by atoms with Crippen molar-refractivity contribution in [3.05, 3.63) is 84.1 Å². The van der Waals surface area contributed by atoms with Gasteiger partial charge in [-0.1, -0.05) is 42.0 Å². The molecule has 2 N–H and O–H groups in total. The molecule has 1 unspecified atom stereocenters. The Morgan fingerprint density at radius 3 is 2.61 bits per heavy atom. The Hall–Kier alpha value is -3.02. The molecular weight excluding hydrogens is 366 g/mol. The molecule has 2 aromatic heterocycles. The second kappa shape index (κ2) is 7.92. The topological polar surface area (TPSA) is 58.0 Å². The number of aliphatic hydroxyl groups is 1. The molecule has 0 radical (unpaired) electrons. The maximum Gasteiger partial charge on any atom is 0.227 e. The van der Waals surface area contributed by atoms with E-state index in [1.165, 1.54) is 16.0 Å². The summed E-state index contributed by atoms with van der Waals surface area (Å²) in [5.41, 5.74) is 5.05. The van der Waals surface area contributed by atoms with Gasteiger partial charge in [-0.05, 0) is 55.3 Å². The van der Waals surface area contributed by atoms with Crippen LogP contribution in [0.5, 0.6) is 0 Å². The number of nitrogens with one attached hydrogen (secondary N) is 1. The second-order valence-corrected chi connectivity index (χ2v) is 7.81. The third-order valence-corrected chi connectivity index (χ3v) is 5.60. The van der Waals surface area contributed by atoms with Crippen LogP contribution in [0, 0.1) is 6.92 Å². The van der Waals surface area contributed by atoms with E-state index in [1.807, 2.05) is 30.3 Å². The summed E-state index contributed by atoms with van der Waals surface area (Å²) in [6.45, 7) is 3.85. The fraction of sp³-hybridized carbons (Fsp3) is 0.130. The van der Waals surface area contributed by atoms with Crippen LogP contribution in [-0.2, 0) is 0 Å². The number of hydrogen-bond donors (Lipinski definition) is 2. The molecule has 0 aliphatic rings. The molecule has 0 saturated heterocycles. The molecule has 1 atom stereocenters. The molecule has 0 saturated carbocycles. The molecule has 0 bridgehead atoms. The zero-order valence-electron chi connectivity index (χ0n) is 15.8. The molecule has 5 heteroatoms. The number of rotatable bonds is 5. The van der Waals surface area contributed by atoms with Crippen molar-refractivity contribution in [3.8, 4) is 21.0 Å². The lowest BCUT2D eigenvalue weighted by atomic mass is 10.1. The molecule has 0 amide bonds. The molecule has 2 aromatic carbocycles. The molecule has 140 valence electrons. The predicted octanol–water partition coefficient (Wildman–Crippen LogP) is 5.98. The number of aliphatic hydroxyl groups excluding tert-OH is 1. The van der Waals surface area contributed by atoms with Crippen molar-refractivity contribution in [1.82, 2.24) is 9.97 Å². The fourth-order valence-corrected chi connectivity index (χ4v) is 3.96. The van der Waals surface area contributed by atoms with Crippen molar-refractivity contribution in [2.45, 2.75) is 20.0 Å². The van der Waals surface area contributed by atoms with Gasteiger partial charge in [-0.2, -0.15) is 0 Å². The van der Waals surface area contributed by atoms with Crippen LogP contribution in [0.15, 0.2) is 72.9 Å². The largest absolute Gasteiger partial charge is 0.389 e. The average Bonchev–Trinajstić information content (AvgIpc) is 3.19. The van der Waals surface area contributed by atoms with E-state index in [0.29, 0.717) is 5.95 Å². The minimum Gasteiger partial charge on any atom is -0.389 e. The van der Waals surface area contributed by atoms with Gasteiger partial charge in [-0.25, -0.2) is 9.97 Å². The van der Waals surface area contributed by atoms with Gasteiger partial charge in [-0.15, -0.1) is 11.3 Å². The second-order valence-electron chi connectivity index (χ2n) is 6.73. The molecule has 4 nitrogen and oxygen atoms in total. The van der Waals surface area contributed by atoms with E-state index in [1.54, 1.807) is 24.5 Å². The van der Waals surface area contributed by atoms with Crippen LogP contribution in [0.25, 0.3) is 21.0 Å². The van der Waals surface area contributed by atoms with Crippen molar-refractivity contribution in [2.75, 3.05) is 5.32 Å². The molecule has 4 aromatic rings. The minimum absolute atomic E-state index is 0.514. The molecule has 28 heavy (non-hydrogen) atoms. The summed E-state index contributed by atoms with van der Waals surface area (Å²) in [4.78, 5) is 11.3. The summed E-state index contributed by atoms with van der Waals surface area (Å²) in [6.07, 6.45) is 1.25. The van der Waals surface area contributed by atoms with Gasteiger partial charge >= 0.3 is 0 Å². The highest BCUT2D eigenvalue weighted by atomic mass is 32.1. The van der Waals surface area contributed by atoms with E-state index in [4.69, 9.17) is 0 Å². The van der Waals surface area contributed by atoms with Crippen molar-refractivity contribution >= 4 is 23.0 Å². The van der Waals surface area contributed by atoms with Crippen molar-refractivity contribution in [3.63, 3.8) is 0 Å². The number of anilines is 2. The SMILES string of the molecule is Cc1cccc(-c2ccc(-c3ccnc(Nc4cccc(C(C)O)c4)n3)s2)c1. The first-order chi connectivity index (χ1) is 13.6. The van der Waals surface area contributed by atoms with Gasteiger partial charge in [0.2, 0.25) is 5.95 Å². The molecule has 0 spiro atoms. The van der Waals surface area contributed by atoms with E-state index < -0.39 is 6.10 Å². The summed E-state index contributed by atoms with van der Waals surface area (Å²) in [7, 11) is 0. The van der Waals surface area contributed by atoms with E-state index in [9.17, 15) is 5.11 Å². The van der Waals surface area contributed by atoms with Gasteiger partial charge in [0, 0.05) is 16.8 Å². The van der Waals surface area contributed by atoms with E-state index in [0.717, 1.165) is 21.8 Å². The summed E-state index contributed by atoms with van der Waals surface area (Å²) >= 11 is 1.72. The number of thiophene rings is 1. The van der Waals surface area contributed by atoms with Gasteiger partial charge in [0.05, 0.1) is 16.7 Å². The van der Waals surface area contributed by atoms with Crippen LogP contribution in [-0.4, -0.2) is 15.1 Å². The Morgan fingerprint density at radius 1 is 0.964 bits per heavy atom. The third kappa shape index (κ3) is 4.11. The van der Waals surface area contributed by atoms with E-state index >= 15 is 0 Å². The Balaban J connectivity index is 1.58. The van der Waals surface area contributed by atoms with Crippen LogP contribution in [0.4, 0.5) is 11.6 Å². The number of benzene rings is 2. The van der Waals surface area contributed by atoms with Crippen LogP contribution in [0.2, 0.25) is 0 Å². The number of hydrogen-bond acceptors (Lipinski definition) is 5. The number of aromatic nitrogens is 2. The Kier molecular flexibility index (Phi) is 5.19. The Morgan fingerprint density at radius 2 is 1.79 bits per heavy atom. The summed E-state index contributed by atoms with van der Waals surface area (Å²) in [5, 5.41) is 13.0. The Labute approximate surface area is 168 Å². The standard InChI is InChI=1S/C23H21N3OS/c1-15-5-3-7-18(13-15)21-9-10-22(28-21)20-11-12-24-23(26-20)25-19-8-4-6-17(14-19)16(2)27/h3-14,16,27H,1-2H3,(H,24,25,26). The minimum atomic E-state index is -0.514. The first-order valence-corrected chi connectivity index (χ1v) is 9.95. The molecule has 2 heterocycles. The molecule has 0 fully saturated rings. The highest BCUT2D eigenvalue weighted by Gasteiger charge is 2.09. The maximum atomic E-state index is 9.76. The fourth-order valence-electron chi connectivity index (χ4n) is 2.99. The summed E-state index contributed by atoms with van der Waals surface area (Å²) in [5.74, 6) is 0.533. The molecule has 0 aliphatic carbocycles. The quantitative estimate of drug-likeness (QED) is 0.442. The number of nitrogens with zero attached hydrogens (tertiary/aromatic N) is 2. The van der Waals surface area contributed by atoms with Crippen molar-refractivity contribution < 1.29 is 5.11 Å². The first-order valence-electron chi connectivity index (χ1n) is 9.14. The zero-order valence-corrected chi connectivity index (χ0v) is 16.6. The smallest absolute Gasteiger partial charge is 0.227 e.